The average Bonchev–Trinajstić information content (AvgIpc) is 2.88. The molecule has 3 atom stereocenters. The summed E-state index contributed by atoms with van der Waals surface area (Å²) in [6.07, 6.45) is 8.02. The molecule has 0 aliphatic heterocycles. The molecule has 0 spiro atoms. The van der Waals surface area contributed by atoms with E-state index < -0.39 is 0 Å². The van der Waals surface area contributed by atoms with E-state index in [4.69, 9.17) is 0 Å². The van der Waals surface area contributed by atoms with Gasteiger partial charge in [0.15, 0.2) is 0 Å². The van der Waals surface area contributed by atoms with E-state index in [-0.39, 0.29) is 0 Å². The number of alkyl halides is 1. The van der Waals surface area contributed by atoms with Crippen LogP contribution in [0.2, 0.25) is 0 Å². The lowest BCUT2D eigenvalue weighted by Crippen LogP contribution is -2.21. The van der Waals surface area contributed by atoms with Crippen LogP contribution in [0.25, 0.3) is 0 Å². The Bertz CT molecular complexity index is 351. The zero-order chi connectivity index (χ0) is 16.5. The van der Waals surface area contributed by atoms with Crippen LogP contribution in [0.3, 0.4) is 0 Å². The average molecular weight is 420 g/mol. The Hall–Kier alpha value is 0.0700. The van der Waals surface area contributed by atoms with Gasteiger partial charge >= 0.3 is 0 Å². The van der Waals surface area contributed by atoms with Gasteiger partial charge in [-0.05, 0) is 55.8 Å². The normalized spacial score (nSPS) is 24.9. The number of ketones is 2. The van der Waals surface area contributed by atoms with Gasteiger partial charge in [-0.15, -0.1) is 0 Å². The summed E-state index contributed by atoms with van der Waals surface area (Å²) >= 11 is 2.51. The zero-order valence-electron chi connectivity index (χ0n) is 14.6. The number of Topliss-reactive ketones (excluding diaryl/α,β-unsaturated/α-hetero) is 2. The van der Waals surface area contributed by atoms with Crippen molar-refractivity contribution < 1.29 is 9.59 Å². The highest BCUT2D eigenvalue weighted by Crippen LogP contribution is 2.44. The van der Waals surface area contributed by atoms with E-state index in [0.717, 1.165) is 49.4 Å². The molecule has 22 heavy (non-hydrogen) atoms. The molecule has 0 bridgehead atoms. The maximum Gasteiger partial charge on any atom is 0.132 e. The third kappa shape index (κ3) is 6.67. The summed E-state index contributed by atoms with van der Waals surface area (Å²) < 4.78 is 1.23. The van der Waals surface area contributed by atoms with Gasteiger partial charge in [0.25, 0.3) is 0 Å². The van der Waals surface area contributed by atoms with Gasteiger partial charge in [0, 0.05) is 30.1 Å². The fourth-order valence-electron chi connectivity index (χ4n) is 3.99. The van der Waals surface area contributed by atoms with Crippen LogP contribution in [-0.4, -0.2) is 16.0 Å². The molecule has 0 radical (unpaired) electrons. The number of rotatable bonds is 11. The molecule has 0 N–H and O–H groups in total. The quantitative estimate of drug-likeness (QED) is 0.322. The number of hydrogen-bond acceptors (Lipinski definition) is 2. The van der Waals surface area contributed by atoms with Crippen LogP contribution < -0.4 is 0 Å². The molecule has 1 unspecified atom stereocenters. The van der Waals surface area contributed by atoms with Crippen LogP contribution in [0.5, 0.6) is 0 Å². The highest BCUT2D eigenvalue weighted by molar-refractivity contribution is 14.1. The molecule has 1 aliphatic carbocycles. The van der Waals surface area contributed by atoms with Gasteiger partial charge < -0.3 is 0 Å². The van der Waals surface area contributed by atoms with Crippen molar-refractivity contribution in [2.75, 3.05) is 4.43 Å². The molecule has 1 rings (SSSR count). The molecule has 0 aromatic heterocycles. The molecule has 0 aromatic carbocycles. The maximum absolute atomic E-state index is 12.1. The van der Waals surface area contributed by atoms with E-state index in [1.165, 1.54) is 17.3 Å². The van der Waals surface area contributed by atoms with E-state index in [9.17, 15) is 9.59 Å². The Morgan fingerprint density at radius 3 is 2.23 bits per heavy atom. The van der Waals surface area contributed by atoms with Crippen molar-refractivity contribution in [2.45, 2.75) is 78.6 Å². The van der Waals surface area contributed by atoms with Crippen LogP contribution in [0.15, 0.2) is 0 Å². The van der Waals surface area contributed by atoms with E-state index >= 15 is 0 Å². The Kier molecular flexibility index (Phi) is 9.85. The molecule has 0 aromatic rings. The standard InChI is InChI=1S/C19H33IO2/c1-4-6-16(21)7-5-8-17(22)10-12-19-15(13-20)9-11-18(19)14(2)3/h14-15,18-19H,4-13H2,1-3H3/t15-,18?,19-/m0/s1. The lowest BCUT2D eigenvalue weighted by molar-refractivity contribution is -0.120. The van der Waals surface area contributed by atoms with Crippen molar-refractivity contribution in [2.24, 2.45) is 23.7 Å². The fraction of sp³-hybridized carbons (Fsp3) is 0.895. The molecule has 1 fully saturated rings. The summed E-state index contributed by atoms with van der Waals surface area (Å²) in [6, 6.07) is 0. The van der Waals surface area contributed by atoms with Gasteiger partial charge in [0.2, 0.25) is 0 Å². The highest BCUT2D eigenvalue weighted by atomic mass is 127. The summed E-state index contributed by atoms with van der Waals surface area (Å²) in [5, 5.41) is 0. The fourth-order valence-corrected chi connectivity index (χ4v) is 5.09. The second kappa shape index (κ2) is 10.8. The first-order valence-corrected chi connectivity index (χ1v) is 10.6. The van der Waals surface area contributed by atoms with Gasteiger partial charge in [-0.25, -0.2) is 0 Å². The maximum atomic E-state index is 12.1. The lowest BCUT2D eigenvalue weighted by atomic mass is 9.80. The zero-order valence-corrected chi connectivity index (χ0v) is 16.7. The second-order valence-corrected chi connectivity index (χ2v) is 8.16. The van der Waals surface area contributed by atoms with Crippen LogP contribution in [0.1, 0.15) is 78.6 Å². The van der Waals surface area contributed by atoms with Crippen LogP contribution in [0, 0.1) is 23.7 Å². The minimum Gasteiger partial charge on any atom is -0.300 e. The van der Waals surface area contributed by atoms with Crippen molar-refractivity contribution in [3.8, 4) is 0 Å². The molecule has 128 valence electrons. The Balaban J connectivity index is 2.30. The molecular formula is C19H33IO2. The number of hydrogen-bond donors (Lipinski definition) is 0. The third-order valence-corrected chi connectivity index (χ3v) is 6.41. The molecule has 0 saturated heterocycles. The summed E-state index contributed by atoms with van der Waals surface area (Å²) in [5.74, 6) is 3.77. The SMILES string of the molecule is CCCC(=O)CCCC(=O)CC[C@@H]1C(C(C)C)CC[C@H]1CI. The van der Waals surface area contributed by atoms with Crippen LogP contribution in [-0.2, 0) is 9.59 Å². The Labute approximate surface area is 150 Å². The monoisotopic (exact) mass is 420 g/mol. The van der Waals surface area contributed by atoms with E-state index in [2.05, 4.69) is 36.4 Å². The topological polar surface area (TPSA) is 34.1 Å². The molecule has 3 heteroatoms. The number of carbonyl (C=O) groups excluding carboxylic acids is 2. The van der Waals surface area contributed by atoms with Crippen molar-refractivity contribution >= 4 is 34.2 Å². The highest BCUT2D eigenvalue weighted by Gasteiger charge is 2.36. The van der Waals surface area contributed by atoms with Crippen LogP contribution >= 0.6 is 22.6 Å². The van der Waals surface area contributed by atoms with E-state index in [1.807, 2.05) is 6.92 Å². The van der Waals surface area contributed by atoms with E-state index in [0.29, 0.717) is 30.8 Å². The van der Waals surface area contributed by atoms with E-state index in [1.54, 1.807) is 0 Å². The van der Waals surface area contributed by atoms with Crippen molar-refractivity contribution in [3.05, 3.63) is 0 Å². The number of carbonyl (C=O) groups is 2. The lowest BCUT2D eigenvalue weighted by Gasteiger charge is -2.26. The molecule has 0 heterocycles. The second-order valence-electron chi connectivity index (χ2n) is 7.28. The minimum absolute atomic E-state index is 0.316. The largest absolute Gasteiger partial charge is 0.300 e. The molecular weight excluding hydrogens is 387 g/mol. The molecule has 1 saturated carbocycles. The molecule has 2 nitrogen and oxygen atoms in total. The van der Waals surface area contributed by atoms with Gasteiger partial charge in [-0.2, -0.15) is 0 Å². The third-order valence-electron chi connectivity index (χ3n) is 5.28. The Morgan fingerprint density at radius 2 is 1.68 bits per heavy atom. The van der Waals surface area contributed by atoms with Crippen molar-refractivity contribution in [1.82, 2.24) is 0 Å². The van der Waals surface area contributed by atoms with Gasteiger partial charge in [-0.3, -0.25) is 9.59 Å². The minimum atomic E-state index is 0.316. The van der Waals surface area contributed by atoms with Gasteiger partial charge in [0.05, 0.1) is 0 Å². The molecule has 1 aliphatic rings. The van der Waals surface area contributed by atoms with Gasteiger partial charge in [-0.1, -0.05) is 43.4 Å². The summed E-state index contributed by atoms with van der Waals surface area (Å²) in [7, 11) is 0. The van der Waals surface area contributed by atoms with Crippen molar-refractivity contribution in [1.29, 1.82) is 0 Å². The predicted octanol–water partition coefficient (Wildman–Crippen LogP) is 5.61. The first kappa shape index (κ1) is 20.1. The Morgan fingerprint density at radius 1 is 1.05 bits per heavy atom. The smallest absolute Gasteiger partial charge is 0.132 e. The number of halogens is 1. The van der Waals surface area contributed by atoms with Crippen LogP contribution in [0.4, 0.5) is 0 Å². The summed E-state index contributed by atoms with van der Waals surface area (Å²) in [4.78, 5) is 23.6. The first-order chi connectivity index (χ1) is 10.5. The summed E-state index contributed by atoms with van der Waals surface area (Å²) in [5.41, 5.74) is 0. The van der Waals surface area contributed by atoms with Gasteiger partial charge in [0.1, 0.15) is 11.6 Å². The first-order valence-electron chi connectivity index (χ1n) is 9.08. The predicted molar refractivity (Wildman–Crippen MR) is 101 cm³/mol. The summed E-state index contributed by atoms with van der Waals surface area (Å²) in [6.45, 7) is 6.68. The molecule has 0 amide bonds. The van der Waals surface area contributed by atoms with Crippen molar-refractivity contribution in [3.63, 3.8) is 0 Å².